The van der Waals surface area contributed by atoms with Gasteiger partial charge in [0.15, 0.2) is 0 Å². The Labute approximate surface area is 161 Å². The first kappa shape index (κ1) is 19.4. The molecule has 0 atom stereocenters. The second kappa shape index (κ2) is 7.69. The Bertz CT molecular complexity index is 840. The van der Waals surface area contributed by atoms with Crippen molar-refractivity contribution in [2.45, 2.75) is 52.7 Å². The van der Waals surface area contributed by atoms with E-state index in [1.807, 2.05) is 45.9 Å². The van der Waals surface area contributed by atoms with Gasteiger partial charge in [0, 0.05) is 37.3 Å². The Morgan fingerprint density at radius 2 is 2.04 bits per heavy atom. The van der Waals surface area contributed by atoms with Crippen LogP contribution in [0.1, 0.15) is 44.0 Å². The van der Waals surface area contributed by atoms with Crippen LogP contribution in [-0.2, 0) is 22.5 Å². The first-order valence-electron chi connectivity index (χ1n) is 9.44. The van der Waals surface area contributed by atoms with E-state index in [0.29, 0.717) is 18.7 Å². The normalized spacial score (nSPS) is 14.7. The molecule has 0 aliphatic carbocycles. The second-order valence-electron chi connectivity index (χ2n) is 8.17. The van der Waals surface area contributed by atoms with Crippen molar-refractivity contribution in [1.29, 1.82) is 0 Å². The van der Waals surface area contributed by atoms with Gasteiger partial charge in [-0.05, 0) is 63.1 Å². The molecule has 0 saturated heterocycles. The lowest BCUT2D eigenvalue weighted by molar-refractivity contribution is -0.155. The summed E-state index contributed by atoms with van der Waals surface area (Å²) in [5.41, 5.74) is 4.69. The quantitative estimate of drug-likeness (QED) is 0.831. The van der Waals surface area contributed by atoms with Crippen molar-refractivity contribution in [3.05, 3.63) is 47.2 Å². The highest BCUT2D eigenvalue weighted by Gasteiger charge is 2.21. The molecule has 3 rings (SSSR count). The van der Waals surface area contributed by atoms with Crippen LogP contribution in [0.4, 0.5) is 0 Å². The van der Waals surface area contributed by atoms with Crippen LogP contribution in [0.15, 0.2) is 30.3 Å². The largest absolute Gasteiger partial charge is 0.508 e. The number of aromatic hydroxyl groups is 1. The minimum atomic E-state index is -0.432. The summed E-state index contributed by atoms with van der Waals surface area (Å²) in [6.07, 6.45) is 1.28. The van der Waals surface area contributed by atoms with Crippen molar-refractivity contribution >= 4 is 5.97 Å². The van der Waals surface area contributed by atoms with Crippen LogP contribution in [0.3, 0.4) is 0 Å². The summed E-state index contributed by atoms with van der Waals surface area (Å²) in [5.74, 6) is 0.154. The van der Waals surface area contributed by atoms with E-state index in [2.05, 4.69) is 11.0 Å². The predicted octanol–water partition coefficient (Wildman–Crippen LogP) is 3.85. The third kappa shape index (κ3) is 5.07. The topological polar surface area (TPSA) is 62.7 Å². The van der Waals surface area contributed by atoms with E-state index < -0.39 is 5.60 Å². The molecule has 0 amide bonds. The number of phenols is 1. The Morgan fingerprint density at radius 1 is 1.26 bits per heavy atom. The summed E-state index contributed by atoms with van der Waals surface area (Å²) < 4.78 is 5.39. The maximum absolute atomic E-state index is 11.9. The molecule has 27 heavy (non-hydrogen) atoms. The predicted molar refractivity (Wildman–Crippen MR) is 106 cm³/mol. The molecule has 5 heteroatoms. The summed E-state index contributed by atoms with van der Waals surface area (Å²) >= 11 is 0. The molecular weight excluding hydrogens is 340 g/mol. The standard InChI is InChI=1S/C22H28N2O3/c1-15-13-16(6-8-20(15)25)18-7-5-17-14-24(11-9-19(17)23-18)12-10-21(26)27-22(2,3)4/h5-8,13,25H,9-12,14H2,1-4H3. The van der Waals surface area contributed by atoms with Crippen LogP contribution in [0, 0.1) is 6.92 Å². The van der Waals surface area contributed by atoms with Gasteiger partial charge >= 0.3 is 5.97 Å². The number of ether oxygens (including phenoxy) is 1. The Kier molecular flexibility index (Phi) is 5.51. The Morgan fingerprint density at radius 3 is 2.74 bits per heavy atom. The van der Waals surface area contributed by atoms with Crippen LogP contribution in [0.25, 0.3) is 11.3 Å². The van der Waals surface area contributed by atoms with Gasteiger partial charge in [0.2, 0.25) is 0 Å². The number of pyridine rings is 1. The summed E-state index contributed by atoms with van der Waals surface area (Å²) in [7, 11) is 0. The van der Waals surface area contributed by atoms with Gasteiger partial charge in [0.1, 0.15) is 11.4 Å². The van der Waals surface area contributed by atoms with Crippen molar-refractivity contribution in [2.24, 2.45) is 0 Å². The maximum atomic E-state index is 11.9. The third-order valence-corrected chi connectivity index (χ3v) is 4.67. The smallest absolute Gasteiger partial charge is 0.307 e. The fraction of sp³-hybridized carbons (Fsp3) is 0.455. The van der Waals surface area contributed by atoms with Crippen LogP contribution >= 0.6 is 0 Å². The van der Waals surface area contributed by atoms with Crippen molar-refractivity contribution < 1.29 is 14.6 Å². The number of benzene rings is 1. The molecule has 0 fully saturated rings. The number of carbonyl (C=O) groups is 1. The molecule has 1 aromatic heterocycles. The molecule has 1 aliphatic rings. The maximum Gasteiger partial charge on any atom is 0.307 e. The van der Waals surface area contributed by atoms with Gasteiger partial charge in [-0.15, -0.1) is 0 Å². The van der Waals surface area contributed by atoms with E-state index in [0.717, 1.165) is 42.0 Å². The molecule has 144 valence electrons. The summed E-state index contributed by atoms with van der Waals surface area (Å²) in [4.78, 5) is 19.0. The van der Waals surface area contributed by atoms with Crippen molar-refractivity contribution in [1.82, 2.24) is 9.88 Å². The lowest BCUT2D eigenvalue weighted by Gasteiger charge is -2.28. The molecule has 2 aromatic rings. The molecule has 1 N–H and O–H groups in total. The van der Waals surface area contributed by atoms with Crippen molar-refractivity contribution in [3.63, 3.8) is 0 Å². The van der Waals surface area contributed by atoms with E-state index in [-0.39, 0.29) is 5.97 Å². The van der Waals surface area contributed by atoms with Gasteiger partial charge in [0.25, 0.3) is 0 Å². The number of hydrogen-bond acceptors (Lipinski definition) is 5. The van der Waals surface area contributed by atoms with Gasteiger partial charge in [-0.1, -0.05) is 6.07 Å². The summed E-state index contributed by atoms with van der Waals surface area (Å²) in [6, 6.07) is 9.72. The van der Waals surface area contributed by atoms with Crippen molar-refractivity contribution in [2.75, 3.05) is 13.1 Å². The van der Waals surface area contributed by atoms with E-state index in [9.17, 15) is 9.90 Å². The third-order valence-electron chi connectivity index (χ3n) is 4.67. The van der Waals surface area contributed by atoms with Crippen LogP contribution in [-0.4, -0.2) is 39.7 Å². The lowest BCUT2D eigenvalue weighted by atomic mass is 10.0. The first-order valence-corrected chi connectivity index (χ1v) is 9.44. The van der Waals surface area contributed by atoms with Crippen LogP contribution in [0.5, 0.6) is 5.75 Å². The Hall–Kier alpha value is -2.40. The second-order valence-corrected chi connectivity index (χ2v) is 8.17. The van der Waals surface area contributed by atoms with Gasteiger partial charge in [0.05, 0.1) is 12.1 Å². The average Bonchev–Trinajstić information content (AvgIpc) is 2.60. The molecule has 0 saturated carbocycles. The summed E-state index contributed by atoms with van der Waals surface area (Å²) in [6.45, 7) is 9.95. The fourth-order valence-corrected chi connectivity index (χ4v) is 3.28. The monoisotopic (exact) mass is 368 g/mol. The number of aromatic nitrogens is 1. The molecule has 0 bridgehead atoms. The lowest BCUT2D eigenvalue weighted by Crippen LogP contribution is -2.34. The van der Waals surface area contributed by atoms with E-state index in [1.54, 1.807) is 6.07 Å². The van der Waals surface area contributed by atoms with Crippen LogP contribution < -0.4 is 0 Å². The molecule has 2 heterocycles. The summed E-state index contributed by atoms with van der Waals surface area (Å²) in [5, 5.41) is 9.70. The first-order chi connectivity index (χ1) is 12.7. The molecule has 1 aliphatic heterocycles. The minimum absolute atomic E-state index is 0.149. The average molecular weight is 368 g/mol. The van der Waals surface area contributed by atoms with Gasteiger partial charge < -0.3 is 9.84 Å². The highest BCUT2D eigenvalue weighted by Crippen LogP contribution is 2.26. The van der Waals surface area contributed by atoms with E-state index in [1.165, 1.54) is 5.56 Å². The highest BCUT2D eigenvalue weighted by molar-refractivity contribution is 5.70. The highest BCUT2D eigenvalue weighted by atomic mass is 16.6. The molecule has 1 aromatic carbocycles. The van der Waals surface area contributed by atoms with Crippen molar-refractivity contribution in [3.8, 4) is 17.0 Å². The zero-order valence-electron chi connectivity index (χ0n) is 16.6. The number of aryl methyl sites for hydroxylation is 1. The molecule has 0 spiro atoms. The number of nitrogens with zero attached hydrogens (tertiary/aromatic N) is 2. The SMILES string of the molecule is Cc1cc(-c2ccc3c(n2)CCN(CCC(=O)OC(C)(C)C)C3)ccc1O. The molecule has 5 nitrogen and oxygen atoms in total. The molecular formula is C22H28N2O3. The number of esters is 1. The molecule has 0 radical (unpaired) electrons. The van der Waals surface area contributed by atoms with Crippen LogP contribution in [0.2, 0.25) is 0 Å². The number of fused-ring (bicyclic) bond motifs is 1. The zero-order chi connectivity index (χ0) is 19.6. The van der Waals surface area contributed by atoms with Gasteiger partial charge in [-0.2, -0.15) is 0 Å². The number of carbonyl (C=O) groups excluding carboxylic acids is 1. The molecule has 0 unspecified atom stereocenters. The Balaban J connectivity index is 1.64. The number of hydrogen-bond donors (Lipinski definition) is 1. The minimum Gasteiger partial charge on any atom is -0.508 e. The van der Waals surface area contributed by atoms with Gasteiger partial charge in [-0.3, -0.25) is 14.7 Å². The number of phenolic OH excluding ortho intramolecular Hbond substituents is 1. The van der Waals surface area contributed by atoms with Gasteiger partial charge in [-0.25, -0.2) is 0 Å². The fourth-order valence-electron chi connectivity index (χ4n) is 3.28. The number of rotatable bonds is 4. The van der Waals surface area contributed by atoms with E-state index >= 15 is 0 Å². The van der Waals surface area contributed by atoms with E-state index in [4.69, 9.17) is 9.72 Å². The zero-order valence-corrected chi connectivity index (χ0v) is 16.6.